The molecule has 2 aromatic carbocycles. The number of ether oxygens (including phenoxy) is 2. The maximum Gasteiger partial charge on any atom is 0.222 e. The zero-order valence-electron chi connectivity index (χ0n) is 14.0. The van der Waals surface area contributed by atoms with E-state index in [-0.39, 0.29) is 5.91 Å². The van der Waals surface area contributed by atoms with E-state index < -0.39 is 0 Å². The topological polar surface area (TPSA) is 38.8 Å². The van der Waals surface area contributed by atoms with Gasteiger partial charge in [-0.2, -0.15) is 0 Å². The van der Waals surface area contributed by atoms with Crippen LogP contribution in [0.25, 0.3) is 0 Å². The number of carbonyl (C=O) groups excluding carboxylic acids is 1. The molecular formula is C19H22BrNO3. The Labute approximate surface area is 151 Å². The van der Waals surface area contributed by atoms with Crippen LogP contribution >= 0.6 is 15.9 Å². The van der Waals surface area contributed by atoms with Crippen molar-refractivity contribution < 1.29 is 14.3 Å². The Kier molecular flexibility index (Phi) is 7.12. The van der Waals surface area contributed by atoms with Crippen LogP contribution in [-0.4, -0.2) is 31.6 Å². The smallest absolute Gasteiger partial charge is 0.222 e. The van der Waals surface area contributed by atoms with Gasteiger partial charge in [-0.25, -0.2) is 0 Å². The van der Waals surface area contributed by atoms with Crippen LogP contribution in [0.2, 0.25) is 0 Å². The zero-order chi connectivity index (χ0) is 17.4. The Balaban J connectivity index is 1.75. The Bertz CT molecular complexity index is 675. The van der Waals surface area contributed by atoms with Gasteiger partial charge in [0.25, 0.3) is 0 Å². The summed E-state index contributed by atoms with van der Waals surface area (Å²) in [6, 6.07) is 15.4. The van der Waals surface area contributed by atoms with E-state index >= 15 is 0 Å². The molecule has 24 heavy (non-hydrogen) atoms. The SMILES string of the molecule is COc1ccccc1CN(C)C(=O)CCCOc1cccc(Br)c1. The van der Waals surface area contributed by atoms with Gasteiger partial charge in [-0.05, 0) is 30.7 Å². The van der Waals surface area contributed by atoms with E-state index in [1.807, 2.05) is 55.6 Å². The van der Waals surface area contributed by atoms with Gasteiger partial charge < -0.3 is 14.4 Å². The lowest BCUT2D eigenvalue weighted by molar-refractivity contribution is -0.130. The molecule has 0 aliphatic heterocycles. The van der Waals surface area contributed by atoms with E-state index in [0.29, 0.717) is 26.0 Å². The number of para-hydroxylation sites is 1. The number of benzene rings is 2. The molecule has 2 aromatic rings. The van der Waals surface area contributed by atoms with Crippen LogP contribution < -0.4 is 9.47 Å². The molecule has 0 fully saturated rings. The molecule has 0 aliphatic carbocycles. The summed E-state index contributed by atoms with van der Waals surface area (Å²) in [6.07, 6.45) is 1.14. The number of halogens is 1. The van der Waals surface area contributed by atoms with Gasteiger partial charge in [0.1, 0.15) is 11.5 Å². The number of rotatable bonds is 8. The van der Waals surface area contributed by atoms with Crippen molar-refractivity contribution in [2.75, 3.05) is 20.8 Å². The Hall–Kier alpha value is -2.01. The maximum absolute atomic E-state index is 12.2. The second-order valence-electron chi connectivity index (χ2n) is 5.47. The van der Waals surface area contributed by atoms with E-state index in [2.05, 4.69) is 15.9 Å². The first-order valence-electron chi connectivity index (χ1n) is 7.84. The normalized spacial score (nSPS) is 10.3. The van der Waals surface area contributed by atoms with Crippen LogP contribution in [0.3, 0.4) is 0 Å². The first kappa shape index (κ1) is 18.3. The molecule has 0 radical (unpaired) electrons. The van der Waals surface area contributed by atoms with Crippen LogP contribution in [0, 0.1) is 0 Å². The predicted octanol–water partition coefficient (Wildman–Crippen LogP) is 4.28. The highest BCUT2D eigenvalue weighted by atomic mass is 79.9. The van der Waals surface area contributed by atoms with Gasteiger partial charge in [0.2, 0.25) is 5.91 Å². The minimum absolute atomic E-state index is 0.0961. The summed E-state index contributed by atoms with van der Waals surface area (Å²) in [5.41, 5.74) is 1.00. The molecule has 2 rings (SSSR count). The number of carbonyl (C=O) groups is 1. The third-order valence-corrected chi connectivity index (χ3v) is 4.12. The minimum atomic E-state index is 0.0961. The van der Waals surface area contributed by atoms with E-state index in [9.17, 15) is 4.79 Å². The van der Waals surface area contributed by atoms with E-state index in [0.717, 1.165) is 21.5 Å². The molecule has 0 heterocycles. The summed E-state index contributed by atoms with van der Waals surface area (Å²) in [5.74, 6) is 1.70. The van der Waals surface area contributed by atoms with Crippen LogP contribution in [-0.2, 0) is 11.3 Å². The van der Waals surface area contributed by atoms with Gasteiger partial charge >= 0.3 is 0 Å². The van der Waals surface area contributed by atoms with Crippen molar-refractivity contribution in [3.05, 3.63) is 58.6 Å². The van der Waals surface area contributed by atoms with Crippen LogP contribution in [0.4, 0.5) is 0 Å². The molecule has 4 nitrogen and oxygen atoms in total. The number of hydrogen-bond acceptors (Lipinski definition) is 3. The van der Waals surface area contributed by atoms with Gasteiger partial charge in [0.05, 0.1) is 13.7 Å². The van der Waals surface area contributed by atoms with Crippen molar-refractivity contribution in [2.45, 2.75) is 19.4 Å². The summed E-state index contributed by atoms with van der Waals surface area (Å²) in [7, 11) is 3.45. The van der Waals surface area contributed by atoms with E-state index in [1.54, 1.807) is 12.0 Å². The lowest BCUT2D eigenvalue weighted by Crippen LogP contribution is -2.26. The number of hydrogen-bond donors (Lipinski definition) is 0. The third kappa shape index (κ3) is 5.57. The second-order valence-corrected chi connectivity index (χ2v) is 6.39. The van der Waals surface area contributed by atoms with Gasteiger partial charge in [-0.3, -0.25) is 4.79 Å². The summed E-state index contributed by atoms with van der Waals surface area (Å²) in [6.45, 7) is 1.06. The zero-order valence-corrected chi connectivity index (χ0v) is 15.6. The van der Waals surface area contributed by atoms with Gasteiger partial charge in [-0.1, -0.05) is 40.2 Å². The molecule has 0 spiro atoms. The summed E-state index contributed by atoms with van der Waals surface area (Å²) < 4.78 is 12.0. The lowest BCUT2D eigenvalue weighted by atomic mass is 10.2. The maximum atomic E-state index is 12.2. The fourth-order valence-corrected chi connectivity index (χ4v) is 2.72. The monoisotopic (exact) mass is 391 g/mol. The molecule has 0 unspecified atom stereocenters. The molecule has 0 bridgehead atoms. The molecule has 0 aromatic heterocycles. The molecule has 0 saturated carbocycles. The molecule has 128 valence electrons. The first-order valence-corrected chi connectivity index (χ1v) is 8.63. The fourth-order valence-electron chi connectivity index (χ4n) is 2.34. The van der Waals surface area contributed by atoms with Crippen LogP contribution in [0.15, 0.2) is 53.0 Å². The average molecular weight is 392 g/mol. The molecule has 5 heteroatoms. The predicted molar refractivity (Wildman–Crippen MR) is 98.3 cm³/mol. The van der Waals surface area contributed by atoms with Gasteiger partial charge in [0.15, 0.2) is 0 Å². The van der Waals surface area contributed by atoms with Crippen molar-refractivity contribution in [2.24, 2.45) is 0 Å². The fraction of sp³-hybridized carbons (Fsp3) is 0.316. The molecule has 0 aliphatic rings. The highest BCUT2D eigenvalue weighted by molar-refractivity contribution is 9.10. The standard InChI is InChI=1S/C19H22BrNO3/c1-21(14-15-7-3-4-10-18(15)23-2)19(22)11-6-12-24-17-9-5-8-16(20)13-17/h3-5,7-10,13H,6,11-12,14H2,1-2H3. The summed E-state index contributed by atoms with van der Waals surface area (Å²) >= 11 is 3.41. The van der Waals surface area contributed by atoms with Crippen molar-refractivity contribution in [3.63, 3.8) is 0 Å². The lowest BCUT2D eigenvalue weighted by Gasteiger charge is -2.19. The van der Waals surface area contributed by atoms with Crippen molar-refractivity contribution in [3.8, 4) is 11.5 Å². The van der Waals surface area contributed by atoms with Crippen molar-refractivity contribution >= 4 is 21.8 Å². The molecule has 0 N–H and O–H groups in total. The second kappa shape index (κ2) is 9.33. The van der Waals surface area contributed by atoms with Crippen molar-refractivity contribution in [1.82, 2.24) is 4.90 Å². The average Bonchev–Trinajstić information content (AvgIpc) is 2.59. The quantitative estimate of drug-likeness (QED) is 0.630. The third-order valence-electron chi connectivity index (χ3n) is 3.63. The van der Waals surface area contributed by atoms with Crippen LogP contribution in [0.1, 0.15) is 18.4 Å². The first-order chi connectivity index (χ1) is 11.6. The Morgan fingerprint density at radius 3 is 2.71 bits per heavy atom. The highest BCUT2D eigenvalue weighted by Crippen LogP contribution is 2.20. The van der Waals surface area contributed by atoms with E-state index in [1.165, 1.54) is 0 Å². The van der Waals surface area contributed by atoms with Gasteiger partial charge in [0, 0.05) is 30.0 Å². The largest absolute Gasteiger partial charge is 0.496 e. The summed E-state index contributed by atoms with van der Waals surface area (Å²) in [4.78, 5) is 14.0. The molecule has 0 saturated heterocycles. The number of amides is 1. The van der Waals surface area contributed by atoms with Crippen molar-refractivity contribution in [1.29, 1.82) is 0 Å². The Morgan fingerprint density at radius 1 is 1.17 bits per heavy atom. The van der Waals surface area contributed by atoms with Crippen LogP contribution in [0.5, 0.6) is 11.5 Å². The number of nitrogens with zero attached hydrogens (tertiary/aromatic N) is 1. The Morgan fingerprint density at radius 2 is 1.96 bits per heavy atom. The molecular weight excluding hydrogens is 370 g/mol. The molecule has 1 amide bonds. The summed E-state index contributed by atoms with van der Waals surface area (Å²) in [5, 5.41) is 0. The number of methoxy groups -OCH3 is 1. The highest BCUT2D eigenvalue weighted by Gasteiger charge is 2.11. The minimum Gasteiger partial charge on any atom is -0.496 e. The molecule has 0 atom stereocenters. The van der Waals surface area contributed by atoms with Gasteiger partial charge in [-0.15, -0.1) is 0 Å². The van der Waals surface area contributed by atoms with E-state index in [4.69, 9.17) is 9.47 Å².